The van der Waals surface area contributed by atoms with Gasteiger partial charge in [-0.1, -0.05) is 35.3 Å². The molecule has 0 bridgehead atoms. The predicted octanol–water partition coefficient (Wildman–Crippen LogP) is 5.23. The summed E-state index contributed by atoms with van der Waals surface area (Å²) in [6, 6.07) is 16.4. The summed E-state index contributed by atoms with van der Waals surface area (Å²) in [4.78, 5) is 15.1. The Morgan fingerprint density at radius 2 is 1.65 bits per heavy atom. The average molecular weight is 495 g/mol. The van der Waals surface area contributed by atoms with E-state index in [1.54, 1.807) is 43.3 Å². The van der Waals surface area contributed by atoms with E-state index in [-0.39, 0.29) is 17.4 Å². The van der Waals surface area contributed by atoms with Crippen molar-refractivity contribution in [2.45, 2.75) is 23.9 Å². The first-order chi connectivity index (χ1) is 14.5. The molecule has 3 aromatic rings. The van der Waals surface area contributed by atoms with Crippen LogP contribution in [0.25, 0.3) is 0 Å². The van der Waals surface area contributed by atoms with E-state index in [1.165, 1.54) is 27.7 Å². The monoisotopic (exact) mass is 493 g/mol. The number of aromatic nitrogens is 1. The van der Waals surface area contributed by atoms with Crippen molar-refractivity contribution in [1.29, 1.82) is 5.26 Å². The minimum absolute atomic E-state index is 0.170. The lowest BCUT2D eigenvalue weighted by Crippen LogP contribution is -2.41. The summed E-state index contributed by atoms with van der Waals surface area (Å²) in [6.07, 6.45) is 0.170. The Balaban J connectivity index is 1.91. The van der Waals surface area contributed by atoms with E-state index in [9.17, 15) is 13.2 Å². The van der Waals surface area contributed by atoms with Crippen LogP contribution in [0.3, 0.4) is 0 Å². The van der Waals surface area contributed by atoms with Gasteiger partial charge in [-0.2, -0.15) is 5.26 Å². The Kier molecular flexibility index (Phi) is 5.31. The fourth-order valence-corrected chi connectivity index (χ4v) is 5.50. The molecule has 1 atom stereocenters. The second kappa shape index (κ2) is 7.57. The number of carbonyl (C=O) groups excluding carboxylic acids is 1. The van der Waals surface area contributed by atoms with Crippen molar-refractivity contribution in [2.24, 2.45) is 0 Å². The highest BCUT2D eigenvalue weighted by Crippen LogP contribution is 2.46. The highest BCUT2D eigenvalue weighted by molar-refractivity contribution is 8.13. The third-order valence-corrected chi connectivity index (χ3v) is 6.93. The quantitative estimate of drug-likeness (QED) is 0.465. The van der Waals surface area contributed by atoms with E-state index in [0.717, 1.165) is 5.56 Å². The molecule has 1 aliphatic rings. The molecule has 6 nitrogen and oxygen atoms in total. The molecule has 158 valence electrons. The number of nitrogens with zero attached hydrogens (tertiary/aromatic N) is 3. The minimum atomic E-state index is -4.14. The van der Waals surface area contributed by atoms with Crippen LogP contribution < -0.4 is 4.90 Å². The van der Waals surface area contributed by atoms with Gasteiger partial charge in [-0.05, 0) is 55.0 Å². The van der Waals surface area contributed by atoms with Gasteiger partial charge >= 0.3 is 0 Å². The molecule has 0 radical (unpaired) electrons. The molecule has 1 amide bonds. The van der Waals surface area contributed by atoms with E-state index >= 15 is 0 Å². The fourth-order valence-electron chi connectivity index (χ4n) is 3.88. The summed E-state index contributed by atoms with van der Waals surface area (Å²) in [5.41, 5.74) is 0.328. The third kappa shape index (κ3) is 3.70. The number of anilines is 2. The van der Waals surface area contributed by atoms with Crippen LogP contribution >= 0.6 is 33.9 Å². The molecule has 0 unspecified atom stereocenters. The molecule has 4 rings (SSSR count). The first-order valence-electron chi connectivity index (χ1n) is 9.01. The van der Waals surface area contributed by atoms with Crippen molar-refractivity contribution >= 4 is 60.3 Å². The van der Waals surface area contributed by atoms with E-state index in [4.69, 9.17) is 39.1 Å². The zero-order chi connectivity index (χ0) is 22.6. The van der Waals surface area contributed by atoms with Crippen LogP contribution in [0.15, 0.2) is 59.6 Å². The summed E-state index contributed by atoms with van der Waals surface area (Å²) in [5.74, 6) is -0.0361. The van der Waals surface area contributed by atoms with Crippen molar-refractivity contribution in [3.05, 3.63) is 75.8 Å². The van der Waals surface area contributed by atoms with Crippen LogP contribution in [0.1, 0.15) is 18.1 Å². The maximum absolute atomic E-state index is 13.7. The molecule has 2 aromatic carbocycles. The largest absolute Gasteiger partial charge is 0.301 e. The summed E-state index contributed by atoms with van der Waals surface area (Å²) in [7, 11) is 1.55. The van der Waals surface area contributed by atoms with E-state index in [0.29, 0.717) is 27.1 Å². The number of amides is 1. The Morgan fingerprint density at radius 1 is 1.03 bits per heavy atom. The van der Waals surface area contributed by atoms with E-state index < -0.39 is 14.6 Å². The van der Waals surface area contributed by atoms with Crippen LogP contribution in [0.2, 0.25) is 10.0 Å². The Bertz CT molecular complexity index is 1340. The smallest absolute Gasteiger partial charge is 0.276 e. The molecule has 0 saturated heterocycles. The number of carbonyl (C=O) groups is 1. The summed E-state index contributed by atoms with van der Waals surface area (Å²) < 4.78 is 26.0. The molecular formula is C21H14Cl3N3O3S. The van der Waals surface area contributed by atoms with E-state index in [1.807, 2.05) is 6.07 Å². The first kappa shape index (κ1) is 21.7. The van der Waals surface area contributed by atoms with Gasteiger partial charge in [0.2, 0.25) is 0 Å². The molecule has 0 spiro atoms. The van der Waals surface area contributed by atoms with Crippen molar-refractivity contribution < 1.29 is 13.2 Å². The lowest BCUT2D eigenvalue weighted by molar-refractivity contribution is -0.124. The SMILES string of the molecule is C[C@@]1(Cc2ccc(C#N)cc2)C(=O)N(c2cc(Cl)cc(Cl)c2)c2ccc(S(=O)(=O)Cl)n21. The van der Waals surface area contributed by atoms with Gasteiger partial charge < -0.3 is 4.57 Å². The maximum Gasteiger partial charge on any atom is 0.276 e. The average Bonchev–Trinajstić information content (AvgIpc) is 3.21. The Labute approximate surface area is 193 Å². The van der Waals surface area contributed by atoms with Gasteiger partial charge in [0.1, 0.15) is 11.4 Å². The molecule has 10 heteroatoms. The predicted molar refractivity (Wildman–Crippen MR) is 120 cm³/mol. The maximum atomic E-state index is 13.7. The van der Waals surface area contributed by atoms with Gasteiger partial charge in [0.15, 0.2) is 5.03 Å². The number of nitriles is 1. The molecule has 0 fully saturated rings. The Morgan fingerprint density at radius 3 is 2.19 bits per heavy atom. The number of hydrogen-bond acceptors (Lipinski definition) is 4. The van der Waals surface area contributed by atoms with Gasteiger partial charge in [-0.3, -0.25) is 9.69 Å². The molecule has 2 heterocycles. The normalized spacial score (nSPS) is 18.2. The van der Waals surface area contributed by atoms with Crippen LogP contribution in [0.5, 0.6) is 0 Å². The summed E-state index contributed by atoms with van der Waals surface area (Å²) >= 11 is 12.3. The molecule has 1 aromatic heterocycles. The van der Waals surface area contributed by atoms with Gasteiger partial charge in [-0.15, -0.1) is 0 Å². The van der Waals surface area contributed by atoms with Crippen LogP contribution in [0, 0.1) is 11.3 Å². The zero-order valence-corrected chi connectivity index (χ0v) is 19.1. The summed E-state index contributed by atoms with van der Waals surface area (Å²) in [5, 5.41) is 9.50. The van der Waals surface area contributed by atoms with Crippen LogP contribution in [-0.2, 0) is 25.8 Å². The second-order valence-electron chi connectivity index (χ2n) is 7.33. The number of halogens is 3. The first-order valence-corrected chi connectivity index (χ1v) is 12.1. The standard InChI is InChI=1S/C21H14Cl3N3O3S/c1-21(11-13-2-4-14(12-25)5-3-13)20(28)26(17-9-15(22)8-16(23)10-17)18-6-7-19(27(18)21)31(24,29)30/h2-10H,11H2,1H3/t21-/m1/s1. The topological polar surface area (TPSA) is 83.2 Å². The lowest BCUT2D eigenvalue weighted by Gasteiger charge is -2.26. The lowest BCUT2D eigenvalue weighted by atomic mass is 9.91. The van der Waals surface area contributed by atoms with Crippen molar-refractivity contribution in [2.75, 3.05) is 4.90 Å². The van der Waals surface area contributed by atoms with Crippen molar-refractivity contribution in [3.8, 4) is 6.07 Å². The van der Waals surface area contributed by atoms with Crippen molar-refractivity contribution in [3.63, 3.8) is 0 Å². The number of benzene rings is 2. The molecule has 0 N–H and O–H groups in total. The summed E-state index contributed by atoms with van der Waals surface area (Å²) in [6.45, 7) is 1.65. The molecular weight excluding hydrogens is 481 g/mol. The molecule has 31 heavy (non-hydrogen) atoms. The van der Waals surface area contributed by atoms with Gasteiger partial charge in [-0.25, -0.2) is 8.42 Å². The second-order valence-corrected chi connectivity index (χ2v) is 10.7. The van der Waals surface area contributed by atoms with Gasteiger partial charge in [0, 0.05) is 27.1 Å². The van der Waals surface area contributed by atoms with Crippen LogP contribution in [0.4, 0.5) is 11.5 Å². The minimum Gasteiger partial charge on any atom is -0.301 e. The number of fused-ring (bicyclic) bond motifs is 1. The van der Waals surface area contributed by atoms with Gasteiger partial charge in [0.25, 0.3) is 15.0 Å². The highest BCUT2D eigenvalue weighted by atomic mass is 35.7. The Hall–Kier alpha value is -2.50. The fraction of sp³-hybridized carbons (Fsp3) is 0.143. The molecule has 1 aliphatic heterocycles. The van der Waals surface area contributed by atoms with Crippen LogP contribution in [-0.4, -0.2) is 18.9 Å². The van der Waals surface area contributed by atoms with E-state index in [2.05, 4.69) is 0 Å². The third-order valence-electron chi connectivity index (χ3n) is 5.20. The van der Waals surface area contributed by atoms with Crippen molar-refractivity contribution in [1.82, 2.24) is 4.57 Å². The molecule has 0 aliphatic carbocycles. The zero-order valence-electron chi connectivity index (χ0n) is 16.0. The number of rotatable bonds is 4. The van der Waals surface area contributed by atoms with Gasteiger partial charge in [0.05, 0.1) is 17.3 Å². The molecule has 0 saturated carbocycles. The highest BCUT2D eigenvalue weighted by Gasteiger charge is 2.50. The number of hydrogen-bond donors (Lipinski definition) is 0.